The highest BCUT2D eigenvalue weighted by Gasteiger charge is 2.11. The molecule has 0 atom stereocenters. The summed E-state index contributed by atoms with van der Waals surface area (Å²) in [6, 6.07) is 10.3. The summed E-state index contributed by atoms with van der Waals surface area (Å²) < 4.78 is 0. The number of benzene rings is 2. The molecule has 0 aliphatic rings. The number of anilines is 1. The number of rotatable bonds is 5. The maximum Gasteiger partial charge on any atom is 0.335 e. The van der Waals surface area contributed by atoms with Gasteiger partial charge in [-0.1, -0.05) is 17.7 Å². The Morgan fingerprint density at radius 1 is 1.27 bits per heavy atom. The summed E-state index contributed by atoms with van der Waals surface area (Å²) in [6.07, 6.45) is 1.40. The van der Waals surface area contributed by atoms with Gasteiger partial charge in [-0.3, -0.25) is 15.5 Å². The van der Waals surface area contributed by atoms with Crippen molar-refractivity contribution >= 4 is 35.2 Å². The summed E-state index contributed by atoms with van der Waals surface area (Å²) in [5, 5.41) is 23.5. The molecule has 112 valence electrons. The third-order valence-electron chi connectivity index (χ3n) is 2.71. The molecule has 0 bridgehead atoms. The van der Waals surface area contributed by atoms with Crippen molar-refractivity contribution in [1.82, 2.24) is 0 Å². The van der Waals surface area contributed by atoms with Gasteiger partial charge in [0.15, 0.2) is 0 Å². The highest BCUT2D eigenvalue weighted by molar-refractivity contribution is 6.32. The maximum atomic E-state index is 10.8. The molecule has 0 aliphatic carbocycles. The first-order valence-electron chi connectivity index (χ1n) is 6.04. The van der Waals surface area contributed by atoms with E-state index < -0.39 is 10.9 Å². The van der Waals surface area contributed by atoms with Gasteiger partial charge in [-0.25, -0.2) is 4.79 Å². The molecule has 0 aromatic heterocycles. The van der Waals surface area contributed by atoms with Gasteiger partial charge in [0.2, 0.25) is 0 Å². The van der Waals surface area contributed by atoms with E-state index in [1.54, 1.807) is 18.2 Å². The number of nitrogens with zero attached hydrogens (tertiary/aromatic N) is 2. The second-order valence-corrected chi connectivity index (χ2v) is 4.63. The van der Waals surface area contributed by atoms with Crippen molar-refractivity contribution in [1.29, 1.82) is 0 Å². The molecule has 22 heavy (non-hydrogen) atoms. The third kappa shape index (κ3) is 3.80. The topological polar surface area (TPSA) is 105 Å². The fraction of sp³-hybridized carbons (Fsp3) is 0. The first kappa shape index (κ1) is 15.5. The van der Waals surface area contributed by atoms with Crippen LogP contribution in [0.15, 0.2) is 47.6 Å². The average molecular weight is 320 g/mol. The summed E-state index contributed by atoms with van der Waals surface area (Å²) in [4.78, 5) is 20.9. The molecule has 0 unspecified atom stereocenters. The fourth-order valence-electron chi connectivity index (χ4n) is 1.62. The molecule has 8 heteroatoms. The summed E-state index contributed by atoms with van der Waals surface area (Å²) in [5.41, 5.74) is 3.76. The minimum atomic E-state index is -1.01. The highest BCUT2D eigenvalue weighted by Crippen LogP contribution is 2.24. The van der Waals surface area contributed by atoms with Crippen molar-refractivity contribution in [2.45, 2.75) is 0 Å². The van der Waals surface area contributed by atoms with Crippen LogP contribution in [0.1, 0.15) is 15.9 Å². The molecule has 0 amide bonds. The maximum absolute atomic E-state index is 10.8. The Kier molecular flexibility index (Phi) is 4.70. The van der Waals surface area contributed by atoms with Crippen molar-refractivity contribution in [3.63, 3.8) is 0 Å². The number of carboxylic acids is 1. The Labute approximate surface area is 130 Å². The molecule has 0 radical (unpaired) electrons. The molecule has 2 aromatic rings. The molecule has 0 saturated heterocycles. The molecule has 0 aliphatic heterocycles. The predicted molar refractivity (Wildman–Crippen MR) is 82.7 cm³/mol. The zero-order valence-electron chi connectivity index (χ0n) is 11.1. The van der Waals surface area contributed by atoms with Crippen molar-refractivity contribution < 1.29 is 14.8 Å². The van der Waals surface area contributed by atoms with Crippen LogP contribution in [-0.2, 0) is 0 Å². The van der Waals surface area contributed by atoms with Crippen LogP contribution in [0.25, 0.3) is 0 Å². The number of carboxylic acid groups (broad SMARTS) is 1. The number of aromatic carboxylic acids is 1. The standard InChI is InChI=1S/C14H10ClN3O4/c15-12-6-1-9(7-13(12)18(21)22)8-16-17-11-4-2-10(3-5-11)14(19)20/h1-8,17H,(H,19,20). The van der Waals surface area contributed by atoms with E-state index >= 15 is 0 Å². The van der Waals surface area contributed by atoms with E-state index in [4.69, 9.17) is 16.7 Å². The van der Waals surface area contributed by atoms with E-state index in [1.165, 1.54) is 30.5 Å². The Bertz CT molecular complexity index is 744. The second-order valence-electron chi connectivity index (χ2n) is 4.22. The fourth-order valence-corrected chi connectivity index (χ4v) is 1.81. The van der Waals surface area contributed by atoms with Gasteiger partial charge in [0.05, 0.1) is 22.4 Å². The van der Waals surface area contributed by atoms with Crippen molar-refractivity contribution in [3.8, 4) is 0 Å². The monoisotopic (exact) mass is 319 g/mol. The lowest BCUT2D eigenvalue weighted by atomic mass is 10.2. The first-order chi connectivity index (χ1) is 10.5. The third-order valence-corrected chi connectivity index (χ3v) is 3.03. The lowest BCUT2D eigenvalue weighted by molar-refractivity contribution is -0.384. The van der Waals surface area contributed by atoms with Crippen LogP contribution in [-0.4, -0.2) is 22.2 Å². The van der Waals surface area contributed by atoms with Gasteiger partial charge in [-0.05, 0) is 30.3 Å². The summed E-state index contributed by atoms with van der Waals surface area (Å²) in [5.74, 6) is -1.01. The molecule has 0 saturated carbocycles. The first-order valence-corrected chi connectivity index (χ1v) is 6.41. The normalized spacial score (nSPS) is 10.6. The van der Waals surface area contributed by atoms with Gasteiger partial charge in [0.1, 0.15) is 5.02 Å². The van der Waals surface area contributed by atoms with E-state index in [0.29, 0.717) is 11.3 Å². The number of nitrogens with one attached hydrogen (secondary N) is 1. The van der Waals surface area contributed by atoms with Gasteiger partial charge in [0, 0.05) is 11.6 Å². The number of nitro benzene ring substituents is 1. The zero-order chi connectivity index (χ0) is 16.1. The Morgan fingerprint density at radius 3 is 2.55 bits per heavy atom. The summed E-state index contributed by atoms with van der Waals surface area (Å²) >= 11 is 5.71. The largest absolute Gasteiger partial charge is 0.478 e. The van der Waals surface area contributed by atoms with E-state index in [2.05, 4.69) is 10.5 Å². The zero-order valence-corrected chi connectivity index (χ0v) is 11.8. The molecular weight excluding hydrogens is 310 g/mol. The van der Waals surface area contributed by atoms with Gasteiger partial charge < -0.3 is 5.11 Å². The van der Waals surface area contributed by atoms with Gasteiger partial charge in [0.25, 0.3) is 5.69 Å². The number of carbonyl (C=O) groups is 1. The number of hydrogen-bond donors (Lipinski definition) is 2. The Hall–Kier alpha value is -2.93. The number of halogens is 1. The van der Waals surface area contributed by atoms with Crippen LogP contribution < -0.4 is 5.43 Å². The molecule has 7 nitrogen and oxygen atoms in total. The summed E-state index contributed by atoms with van der Waals surface area (Å²) in [7, 11) is 0. The minimum absolute atomic E-state index is 0.0550. The molecular formula is C14H10ClN3O4. The van der Waals surface area contributed by atoms with Gasteiger partial charge in [-0.2, -0.15) is 5.10 Å². The van der Waals surface area contributed by atoms with Crippen molar-refractivity contribution in [2.24, 2.45) is 5.10 Å². The molecule has 2 rings (SSSR count). The van der Waals surface area contributed by atoms with Crippen molar-refractivity contribution in [3.05, 3.63) is 68.7 Å². The summed E-state index contributed by atoms with van der Waals surface area (Å²) in [6.45, 7) is 0. The molecule has 2 aromatic carbocycles. The number of nitro groups is 1. The van der Waals surface area contributed by atoms with Crippen LogP contribution in [0.5, 0.6) is 0 Å². The Morgan fingerprint density at radius 2 is 1.95 bits per heavy atom. The number of hydrogen-bond acceptors (Lipinski definition) is 5. The van der Waals surface area contributed by atoms with Crippen LogP contribution in [0.3, 0.4) is 0 Å². The van der Waals surface area contributed by atoms with Crippen LogP contribution in [0, 0.1) is 10.1 Å². The quantitative estimate of drug-likeness (QED) is 0.499. The molecule has 0 spiro atoms. The average Bonchev–Trinajstić information content (AvgIpc) is 2.49. The van der Waals surface area contributed by atoms with Gasteiger partial charge in [-0.15, -0.1) is 0 Å². The molecule has 2 N–H and O–H groups in total. The minimum Gasteiger partial charge on any atom is -0.478 e. The van der Waals surface area contributed by atoms with E-state index in [9.17, 15) is 14.9 Å². The number of hydrazone groups is 1. The SMILES string of the molecule is O=C(O)c1ccc(NN=Cc2ccc(Cl)c([N+](=O)[O-])c2)cc1. The molecule has 0 heterocycles. The van der Waals surface area contributed by atoms with E-state index in [0.717, 1.165) is 0 Å². The van der Waals surface area contributed by atoms with Crippen LogP contribution >= 0.6 is 11.6 Å². The van der Waals surface area contributed by atoms with E-state index in [-0.39, 0.29) is 16.3 Å². The van der Waals surface area contributed by atoms with Gasteiger partial charge >= 0.3 is 5.97 Å². The highest BCUT2D eigenvalue weighted by atomic mass is 35.5. The second kappa shape index (κ2) is 6.68. The molecule has 0 fully saturated rings. The van der Waals surface area contributed by atoms with Crippen LogP contribution in [0.4, 0.5) is 11.4 Å². The predicted octanol–water partition coefficient (Wildman–Crippen LogP) is 3.39. The lowest BCUT2D eigenvalue weighted by Gasteiger charge is -2.01. The van der Waals surface area contributed by atoms with E-state index in [1.807, 2.05) is 0 Å². The van der Waals surface area contributed by atoms with Crippen LogP contribution in [0.2, 0.25) is 5.02 Å². The lowest BCUT2D eigenvalue weighted by Crippen LogP contribution is -1.96. The van der Waals surface area contributed by atoms with Crippen molar-refractivity contribution in [2.75, 3.05) is 5.43 Å². The Balaban J connectivity index is 2.08. The smallest absolute Gasteiger partial charge is 0.335 e.